The molecule has 0 amide bonds. The lowest BCUT2D eigenvalue weighted by Gasteiger charge is -2.11. The molecule has 14 heavy (non-hydrogen) atoms. The van der Waals surface area contributed by atoms with Gasteiger partial charge in [0.1, 0.15) is 0 Å². The Hall–Kier alpha value is -1.40. The third kappa shape index (κ3) is 1.91. The highest BCUT2D eigenvalue weighted by atomic mass is 16.5. The van der Waals surface area contributed by atoms with E-state index in [1.807, 2.05) is 12.1 Å². The van der Waals surface area contributed by atoms with Crippen molar-refractivity contribution >= 4 is 0 Å². The van der Waals surface area contributed by atoms with Crippen molar-refractivity contribution < 1.29 is 4.74 Å². The first-order valence-corrected chi connectivity index (χ1v) is 4.82. The van der Waals surface area contributed by atoms with Crippen LogP contribution >= 0.6 is 0 Å². The minimum atomic E-state index is 0.123. The summed E-state index contributed by atoms with van der Waals surface area (Å²) in [6.45, 7) is 0. The van der Waals surface area contributed by atoms with Crippen LogP contribution in [-0.4, -0.2) is 11.1 Å². The number of nitriles is 1. The number of hydrogen-bond donors (Lipinski definition) is 0. The molecule has 1 fully saturated rings. The van der Waals surface area contributed by atoms with Gasteiger partial charge in [-0.3, -0.25) is 4.98 Å². The zero-order valence-corrected chi connectivity index (χ0v) is 7.89. The summed E-state index contributed by atoms with van der Waals surface area (Å²) in [7, 11) is 0. The number of pyridine rings is 1. The summed E-state index contributed by atoms with van der Waals surface area (Å²) in [6, 6.07) is 6.09. The summed E-state index contributed by atoms with van der Waals surface area (Å²) in [5.41, 5.74) is 1.17. The van der Waals surface area contributed by atoms with Crippen molar-refractivity contribution in [3.05, 3.63) is 30.1 Å². The number of ether oxygens (including phenoxy) is 1. The normalized spacial score (nSPS) is 25.9. The maximum Gasteiger partial charge on any atom is 0.0831 e. The lowest BCUT2D eigenvalue weighted by atomic mass is 10.1. The number of hydrogen-bond acceptors (Lipinski definition) is 3. The molecule has 1 aliphatic rings. The van der Waals surface area contributed by atoms with Gasteiger partial charge in [-0.2, -0.15) is 5.26 Å². The second-order valence-electron chi connectivity index (χ2n) is 3.47. The minimum Gasteiger partial charge on any atom is -0.369 e. The standard InChI is InChI=1S/C11H12N2O/c12-6-3-10-1-2-11(14-10)9-4-7-13-8-5-9/h4-5,7-8,10-11H,1-3H2. The molecular weight excluding hydrogens is 176 g/mol. The molecule has 1 aromatic heterocycles. The van der Waals surface area contributed by atoms with Crippen LogP contribution in [0.3, 0.4) is 0 Å². The maximum atomic E-state index is 8.54. The molecule has 0 bridgehead atoms. The van der Waals surface area contributed by atoms with Crippen molar-refractivity contribution in [1.82, 2.24) is 4.98 Å². The molecule has 2 rings (SSSR count). The zero-order valence-electron chi connectivity index (χ0n) is 7.89. The van der Waals surface area contributed by atoms with E-state index in [1.54, 1.807) is 12.4 Å². The Morgan fingerprint density at radius 2 is 2.21 bits per heavy atom. The molecule has 1 aliphatic heterocycles. The lowest BCUT2D eigenvalue weighted by molar-refractivity contribution is 0.0475. The molecule has 1 aromatic rings. The van der Waals surface area contributed by atoms with E-state index in [9.17, 15) is 0 Å². The van der Waals surface area contributed by atoms with Crippen LogP contribution in [-0.2, 0) is 4.74 Å². The fraction of sp³-hybridized carbons (Fsp3) is 0.455. The van der Waals surface area contributed by atoms with Crippen molar-refractivity contribution in [2.45, 2.75) is 31.5 Å². The maximum absolute atomic E-state index is 8.54. The molecule has 2 atom stereocenters. The number of rotatable bonds is 2. The van der Waals surface area contributed by atoms with Crippen LogP contribution in [0.25, 0.3) is 0 Å². The van der Waals surface area contributed by atoms with Gasteiger partial charge in [0.25, 0.3) is 0 Å². The van der Waals surface area contributed by atoms with Gasteiger partial charge in [-0.15, -0.1) is 0 Å². The third-order valence-electron chi connectivity index (χ3n) is 2.50. The first-order chi connectivity index (χ1) is 6.90. The zero-order chi connectivity index (χ0) is 9.80. The molecular formula is C11H12N2O. The molecule has 2 unspecified atom stereocenters. The van der Waals surface area contributed by atoms with E-state index in [4.69, 9.17) is 10.00 Å². The summed E-state index contributed by atoms with van der Waals surface area (Å²) in [4.78, 5) is 3.96. The molecule has 72 valence electrons. The summed E-state index contributed by atoms with van der Waals surface area (Å²) >= 11 is 0. The van der Waals surface area contributed by atoms with E-state index in [0.717, 1.165) is 12.8 Å². The van der Waals surface area contributed by atoms with Gasteiger partial charge in [0.05, 0.1) is 24.7 Å². The predicted octanol–water partition coefficient (Wildman–Crippen LogP) is 2.22. The van der Waals surface area contributed by atoms with Crippen LogP contribution in [0.5, 0.6) is 0 Å². The Kier molecular flexibility index (Phi) is 2.76. The van der Waals surface area contributed by atoms with E-state index in [2.05, 4.69) is 11.1 Å². The van der Waals surface area contributed by atoms with Crippen molar-refractivity contribution in [3.63, 3.8) is 0 Å². The fourth-order valence-electron chi connectivity index (χ4n) is 1.78. The quantitative estimate of drug-likeness (QED) is 0.714. The molecule has 0 saturated carbocycles. The molecule has 0 spiro atoms. The summed E-state index contributed by atoms with van der Waals surface area (Å²) in [5, 5.41) is 8.54. The third-order valence-corrected chi connectivity index (χ3v) is 2.50. The molecule has 3 heteroatoms. The van der Waals surface area contributed by atoms with E-state index in [1.165, 1.54) is 5.56 Å². The molecule has 2 heterocycles. The highest BCUT2D eigenvalue weighted by molar-refractivity contribution is 5.14. The monoisotopic (exact) mass is 188 g/mol. The largest absolute Gasteiger partial charge is 0.369 e. The van der Waals surface area contributed by atoms with Gasteiger partial charge in [-0.25, -0.2) is 0 Å². The molecule has 0 aliphatic carbocycles. The Bertz CT molecular complexity index is 331. The lowest BCUT2D eigenvalue weighted by Crippen LogP contribution is -2.04. The molecule has 0 N–H and O–H groups in total. The van der Waals surface area contributed by atoms with Gasteiger partial charge in [-0.05, 0) is 30.5 Å². The van der Waals surface area contributed by atoms with Crippen molar-refractivity contribution in [3.8, 4) is 6.07 Å². The highest BCUT2D eigenvalue weighted by Crippen LogP contribution is 2.33. The molecule has 0 radical (unpaired) electrons. The van der Waals surface area contributed by atoms with Gasteiger partial charge >= 0.3 is 0 Å². The Labute approximate surface area is 83.3 Å². The Morgan fingerprint density at radius 1 is 1.43 bits per heavy atom. The van der Waals surface area contributed by atoms with Crippen molar-refractivity contribution in [2.24, 2.45) is 0 Å². The van der Waals surface area contributed by atoms with Crippen LogP contribution < -0.4 is 0 Å². The van der Waals surface area contributed by atoms with Crippen molar-refractivity contribution in [2.75, 3.05) is 0 Å². The van der Waals surface area contributed by atoms with Gasteiger partial charge in [0.15, 0.2) is 0 Å². The number of nitrogens with zero attached hydrogens (tertiary/aromatic N) is 2. The van der Waals surface area contributed by atoms with Gasteiger partial charge < -0.3 is 4.74 Å². The predicted molar refractivity (Wildman–Crippen MR) is 51.3 cm³/mol. The molecule has 3 nitrogen and oxygen atoms in total. The molecule has 1 saturated heterocycles. The highest BCUT2D eigenvalue weighted by Gasteiger charge is 2.25. The van der Waals surface area contributed by atoms with E-state index in [0.29, 0.717) is 6.42 Å². The topological polar surface area (TPSA) is 45.9 Å². The van der Waals surface area contributed by atoms with Crippen LogP contribution in [0.2, 0.25) is 0 Å². The van der Waals surface area contributed by atoms with Gasteiger partial charge in [0.2, 0.25) is 0 Å². The molecule has 0 aromatic carbocycles. The average Bonchev–Trinajstić information content (AvgIpc) is 2.68. The van der Waals surface area contributed by atoms with Crippen LogP contribution in [0, 0.1) is 11.3 Å². The Balaban J connectivity index is 2.00. The SMILES string of the molecule is N#CCC1CCC(c2ccncc2)O1. The average molecular weight is 188 g/mol. The summed E-state index contributed by atoms with van der Waals surface area (Å²) in [5.74, 6) is 0. The Morgan fingerprint density at radius 3 is 2.93 bits per heavy atom. The van der Waals surface area contributed by atoms with Gasteiger partial charge in [-0.1, -0.05) is 0 Å². The minimum absolute atomic E-state index is 0.123. The summed E-state index contributed by atoms with van der Waals surface area (Å²) in [6.07, 6.45) is 6.33. The van der Waals surface area contributed by atoms with Crippen LogP contribution in [0.4, 0.5) is 0 Å². The first-order valence-electron chi connectivity index (χ1n) is 4.82. The van der Waals surface area contributed by atoms with E-state index < -0.39 is 0 Å². The smallest absolute Gasteiger partial charge is 0.0831 e. The van der Waals surface area contributed by atoms with Crippen LogP contribution in [0.1, 0.15) is 30.9 Å². The fourth-order valence-corrected chi connectivity index (χ4v) is 1.78. The summed E-state index contributed by atoms with van der Waals surface area (Å²) < 4.78 is 5.74. The van der Waals surface area contributed by atoms with Crippen LogP contribution in [0.15, 0.2) is 24.5 Å². The van der Waals surface area contributed by atoms with Gasteiger partial charge in [0, 0.05) is 12.4 Å². The second-order valence-corrected chi connectivity index (χ2v) is 3.47. The second kappa shape index (κ2) is 4.21. The number of aromatic nitrogens is 1. The first kappa shape index (κ1) is 9.17. The van der Waals surface area contributed by atoms with Crippen molar-refractivity contribution in [1.29, 1.82) is 5.26 Å². The van der Waals surface area contributed by atoms with E-state index >= 15 is 0 Å². The van der Waals surface area contributed by atoms with E-state index in [-0.39, 0.29) is 12.2 Å².